The molecule has 0 aromatic heterocycles. The number of hydrogen-bond donors (Lipinski definition) is 1. The largest absolute Gasteiger partial charge is 0.494 e. The van der Waals surface area contributed by atoms with Crippen LogP contribution in [0, 0.1) is 0 Å². The van der Waals surface area contributed by atoms with E-state index in [9.17, 15) is 4.79 Å². The summed E-state index contributed by atoms with van der Waals surface area (Å²) in [6, 6.07) is 15.3. The molecule has 0 heterocycles. The van der Waals surface area contributed by atoms with Crippen molar-refractivity contribution in [2.75, 3.05) is 13.2 Å². The molecule has 138 valence electrons. The predicted octanol–water partition coefficient (Wildman–Crippen LogP) is 4.13. The maximum Gasteiger partial charge on any atom is 0.277 e. The molecular formula is C21H26N2O3. The molecule has 1 amide bonds. The SMILES string of the molecule is CCCOc1ccc(/C=N/NC(=O)COc2cccc(C(C)C)c2)cc1. The number of benzene rings is 2. The third-order valence-corrected chi connectivity index (χ3v) is 3.65. The van der Waals surface area contributed by atoms with Gasteiger partial charge in [-0.2, -0.15) is 5.10 Å². The lowest BCUT2D eigenvalue weighted by molar-refractivity contribution is -0.123. The fourth-order valence-electron chi connectivity index (χ4n) is 2.19. The average Bonchev–Trinajstić information content (AvgIpc) is 2.66. The molecule has 5 heteroatoms. The highest BCUT2D eigenvalue weighted by Crippen LogP contribution is 2.19. The lowest BCUT2D eigenvalue weighted by atomic mass is 10.0. The first kappa shape index (κ1) is 19.5. The number of rotatable bonds is 9. The van der Waals surface area contributed by atoms with Crippen molar-refractivity contribution in [1.82, 2.24) is 5.43 Å². The number of nitrogens with zero attached hydrogens (tertiary/aromatic N) is 1. The van der Waals surface area contributed by atoms with Crippen LogP contribution in [0.15, 0.2) is 53.6 Å². The van der Waals surface area contributed by atoms with E-state index in [1.54, 1.807) is 6.21 Å². The molecule has 0 spiro atoms. The summed E-state index contributed by atoms with van der Waals surface area (Å²) >= 11 is 0. The van der Waals surface area contributed by atoms with Gasteiger partial charge in [-0.3, -0.25) is 4.79 Å². The minimum Gasteiger partial charge on any atom is -0.494 e. The van der Waals surface area contributed by atoms with Crippen LogP contribution in [0.25, 0.3) is 0 Å². The smallest absolute Gasteiger partial charge is 0.277 e. The Bertz CT molecular complexity index is 724. The molecule has 0 fully saturated rings. The normalized spacial score (nSPS) is 10.9. The van der Waals surface area contributed by atoms with E-state index in [0.717, 1.165) is 17.7 Å². The van der Waals surface area contributed by atoms with E-state index in [2.05, 4.69) is 31.3 Å². The summed E-state index contributed by atoms with van der Waals surface area (Å²) in [5.41, 5.74) is 4.51. The molecule has 0 aliphatic heterocycles. The number of carbonyl (C=O) groups is 1. The maximum absolute atomic E-state index is 11.8. The number of nitrogens with one attached hydrogen (secondary N) is 1. The second-order valence-corrected chi connectivity index (χ2v) is 6.23. The van der Waals surface area contributed by atoms with Crippen LogP contribution in [0.4, 0.5) is 0 Å². The quantitative estimate of drug-likeness (QED) is 0.544. The Morgan fingerprint density at radius 3 is 2.58 bits per heavy atom. The van der Waals surface area contributed by atoms with E-state index in [-0.39, 0.29) is 12.5 Å². The molecule has 1 N–H and O–H groups in total. The van der Waals surface area contributed by atoms with Crippen LogP contribution in [0.2, 0.25) is 0 Å². The zero-order valence-corrected chi connectivity index (χ0v) is 15.6. The first-order valence-electron chi connectivity index (χ1n) is 8.86. The van der Waals surface area contributed by atoms with Gasteiger partial charge in [0.1, 0.15) is 11.5 Å². The number of hydrazone groups is 1. The summed E-state index contributed by atoms with van der Waals surface area (Å²) in [5, 5.41) is 3.95. The highest BCUT2D eigenvalue weighted by Gasteiger charge is 2.04. The predicted molar refractivity (Wildman–Crippen MR) is 104 cm³/mol. The molecule has 5 nitrogen and oxygen atoms in total. The summed E-state index contributed by atoms with van der Waals surface area (Å²) in [4.78, 5) is 11.8. The van der Waals surface area contributed by atoms with Crippen molar-refractivity contribution in [3.63, 3.8) is 0 Å². The van der Waals surface area contributed by atoms with Gasteiger partial charge in [0.05, 0.1) is 12.8 Å². The van der Waals surface area contributed by atoms with Gasteiger partial charge in [-0.1, -0.05) is 32.9 Å². The lowest BCUT2D eigenvalue weighted by Crippen LogP contribution is -2.24. The fourth-order valence-corrected chi connectivity index (χ4v) is 2.19. The van der Waals surface area contributed by atoms with Crippen LogP contribution in [0.3, 0.4) is 0 Å². The second kappa shape index (κ2) is 10.2. The van der Waals surface area contributed by atoms with Gasteiger partial charge < -0.3 is 9.47 Å². The van der Waals surface area contributed by atoms with E-state index < -0.39 is 0 Å². The summed E-state index contributed by atoms with van der Waals surface area (Å²) in [6.45, 7) is 6.91. The van der Waals surface area contributed by atoms with Crippen molar-refractivity contribution in [3.05, 3.63) is 59.7 Å². The molecule has 0 saturated heterocycles. The van der Waals surface area contributed by atoms with Gasteiger partial charge in [-0.25, -0.2) is 5.43 Å². The zero-order valence-electron chi connectivity index (χ0n) is 15.6. The first-order chi connectivity index (χ1) is 12.6. The molecule has 0 bridgehead atoms. The van der Waals surface area contributed by atoms with Gasteiger partial charge in [0, 0.05) is 0 Å². The molecule has 0 atom stereocenters. The third kappa shape index (κ3) is 6.59. The Morgan fingerprint density at radius 2 is 1.88 bits per heavy atom. The Hall–Kier alpha value is -2.82. The molecule has 2 aromatic rings. The number of amides is 1. The van der Waals surface area contributed by atoms with E-state index in [4.69, 9.17) is 9.47 Å². The maximum atomic E-state index is 11.8. The van der Waals surface area contributed by atoms with Crippen LogP contribution < -0.4 is 14.9 Å². The molecule has 0 aliphatic carbocycles. The summed E-state index contributed by atoms with van der Waals surface area (Å²) < 4.78 is 11.0. The van der Waals surface area contributed by atoms with Crippen LogP contribution in [-0.2, 0) is 4.79 Å². The first-order valence-corrected chi connectivity index (χ1v) is 8.86. The highest BCUT2D eigenvalue weighted by atomic mass is 16.5. The third-order valence-electron chi connectivity index (χ3n) is 3.65. The van der Waals surface area contributed by atoms with Crippen LogP contribution in [0.1, 0.15) is 44.2 Å². The standard InChI is InChI=1S/C21H26N2O3/c1-4-12-25-19-10-8-17(9-11-19)14-22-23-21(24)15-26-20-7-5-6-18(13-20)16(2)3/h5-11,13-14,16H,4,12,15H2,1-3H3,(H,23,24)/b22-14+. The van der Waals surface area contributed by atoms with E-state index in [1.165, 1.54) is 5.56 Å². The van der Waals surface area contributed by atoms with E-state index in [1.807, 2.05) is 48.5 Å². The topological polar surface area (TPSA) is 59.9 Å². The van der Waals surface area contributed by atoms with Crippen LogP contribution in [-0.4, -0.2) is 25.3 Å². The Balaban J connectivity index is 1.77. The molecule has 0 unspecified atom stereocenters. The van der Waals surface area contributed by atoms with Crippen molar-refractivity contribution in [2.45, 2.75) is 33.1 Å². The van der Waals surface area contributed by atoms with Crippen LogP contribution >= 0.6 is 0 Å². The highest BCUT2D eigenvalue weighted by molar-refractivity contribution is 5.83. The monoisotopic (exact) mass is 354 g/mol. The minimum absolute atomic E-state index is 0.0807. The van der Waals surface area contributed by atoms with Gasteiger partial charge in [-0.05, 0) is 59.9 Å². The molecule has 0 aliphatic rings. The summed E-state index contributed by atoms with van der Waals surface area (Å²) in [5.74, 6) is 1.61. The summed E-state index contributed by atoms with van der Waals surface area (Å²) in [7, 11) is 0. The number of ether oxygens (including phenoxy) is 2. The molecule has 26 heavy (non-hydrogen) atoms. The van der Waals surface area contributed by atoms with Gasteiger partial charge in [0.2, 0.25) is 0 Å². The number of hydrogen-bond acceptors (Lipinski definition) is 4. The number of carbonyl (C=O) groups excluding carboxylic acids is 1. The minimum atomic E-state index is -0.306. The Kier molecular flexibility index (Phi) is 7.68. The van der Waals surface area contributed by atoms with E-state index >= 15 is 0 Å². The van der Waals surface area contributed by atoms with Crippen molar-refractivity contribution in [2.24, 2.45) is 5.10 Å². The molecule has 2 aromatic carbocycles. The van der Waals surface area contributed by atoms with Crippen molar-refractivity contribution >= 4 is 12.1 Å². The Labute approximate surface area is 155 Å². The van der Waals surface area contributed by atoms with Crippen molar-refractivity contribution < 1.29 is 14.3 Å². The molecule has 0 saturated carbocycles. The van der Waals surface area contributed by atoms with Crippen LogP contribution in [0.5, 0.6) is 11.5 Å². The van der Waals surface area contributed by atoms with Gasteiger partial charge in [0.15, 0.2) is 6.61 Å². The zero-order chi connectivity index (χ0) is 18.8. The van der Waals surface area contributed by atoms with Gasteiger partial charge in [-0.15, -0.1) is 0 Å². The van der Waals surface area contributed by atoms with Gasteiger partial charge in [0.25, 0.3) is 5.91 Å². The molecule has 2 rings (SSSR count). The molecular weight excluding hydrogens is 328 g/mol. The lowest BCUT2D eigenvalue weighted by Gasteiger charge is -2.09. The molecule has 0 radical (unpaired) electrons. The Morgan fingerprint density at radius 1 is 1.12 bits per heavy atom. The average molecular weight is 354 g/mol. The summed E-state index contributed by atoms with van der Waals surface area (Å²) in [6.07, 6.45) is 2.56. The van der Waals surface area contributed by atoms with Crippen molar-refractivity contribution in [1.29, 1.82) is 0 Å². The fraction of sp³-hybridized carbons (Fsp3) is 0.333. The second-order valence-electron chi connectivity index (χ2n) is 6.23. The van der Waals surface area contributed by atoms with E-state index in [0.29, 0.717) is 18.3 Å². The van der Waals surface area contributed by atoms with Gasteiger partial charge >= 0.3 is 0 Å². The van der Waals surface area contributed by atoms with Crippen molar-refractivity contribution in [3.8, 4) is 11.5 Å².